The molecule has 0 aromatic carbocycles. The molecule has 4 heteroatoms. The summed E-state index contributed by atoms with van der Waals surface area (Å²) in [4.78, 5) is 0. The average molecular weight is 167 g/mol. The molecule has 1 rings (SSSR count). The fraction of sp³-hybridized carbons (Fsp3) is 1.00. The van der Waals surface area contributed by atoms with Gasteiger partial charge >= 0.3 is 0 Å². The van der Waals surface area contributed by atoms with Crippen LogP contribution < -0.4 is 0 Å². The lowest BCUT2D eigenvalue weighted by molar-refractivity contribution is -0.0739. The van der Waals surface area contributed by atoms with Crippen LogP contribution in [-0.2, 0) is 4.74 Å². The number of rotatable bonds is 2. The Kier molecular flexibility index (Phi) is 2.52. The number of aliphatic hydroxyl groups excluding tert-OH is 2. The van der Waals surface area contributed by atoms with E-state index in [0.29, 0.717) is 13.0 Å². The Morgan fingerprint density at radius 2 is 2.40 bits per heavy atom. The van der Waals surface area contributed by atoms with Gasteiger partial charge in [-0.1, -0.05) is 0 Å². The summed E-state index contributed by atoms with van der Waals surface area (Å²) in [5.74, 6) is 0.144. The Labute approximate surface area is 64.6 Å². The zero-order chi connectivity index (χ0) is 7.61. The number of hydrogen-bond acceptors (Lipinski definition) is 3. The maximum atomic E-state index is 9.27. The van der Waals surface area contributed by atoms with Crippen molar-refractivity contribution in [3.63, 3.8) is 0 Å². The van der Waals surface area contributed by atoms with Gasteiger partial charge in [-0.15, -0.1) is 11.6 Å². The van der Waals surface area contributed by atoms with E-state index in [1.54, 1.807) is 0 Å². The van der Waals surface area contributed by atoms with Gasteiger partial charge in [0, 0.05) is 0 Å². The summed E-state index contributed by atoms with van der Waals surface area (Å²) in [5.41, 5.74) is -0.887. The number of alkyl halides is 1. The van der Waals surface area contributed by atoms with Crippen LogP contribution in [0.1, 0.15) is 6.42 Å². The van der Waals surface area contributed by atoms with Crippen molar-refractivity contribution >= 4 is 11.6 Å². The van der Waals surface area contributed by atoms with Crippen LogP contribution in [0.15, 0.2) is 0 Å². The molecule has 1 heterocycles. The van der Waals surface area contributed by atoms with Crippen LogP contribution in [0.25, 0.3) is 0 Å². The first kappa shape index (κ1) is 8.27. The Morgan fingerprint density at radius 1 is 1.70 bits per heavy atom. The van der Waals surface area contributed by atoms with E-state index < -0.39 is 11.7 Å². The highest BCUT2D eigenvalue weighted by Crippen LogP contribution is 2.26. The molecule has 1 aliphatic heterocycles. The first-order chi connectivity index (χ1) is 4.75. The van der Waals surface area contributed by atoms with Crippen molar-refractivity contribution < 1.29 is 14.9 Å². The lowest BCUT2D eigenvalue weighted by atomic mass is 10.0. The SMILES string of the molecule is OCC1(CCl)OCCC1O. The van der Waals surface area contributed by atoms with E-state index >= 15 is 0 Å². The second-order valence-corrected chi connectivity index (χ2v) is 2.78. The molecule has 3 nitrogen and oxygen atoms in total. The minimum Gasteiger partial charge on any atom is -0.393 e. The third-order valence-electron chi connectivity index (χ3n) is 1.88. The highest BCUT2D eigenvalue weighted by atomic mass is 35.5. The summed E-state index contributed by atoms with van der Waals surface area (Å²) in [7, 11) is 0. The third-order valence-corrected chi connectivity index (χ3v) is 2.33. The van der Waals surface area contributed by atoms with Gasteiger partial charge in [-0.3, -0.25) is 0 Å². The minimum atomic E-state index is -0.887. The summed E-state index contributed by atoms with van der Waals surface area (Å²) in [5, 5.41) is 18.1. The van der Waals surface area contributed by atoms with Gasteiger partial charge in [0.2, 0.25) is 0 Å². The monoisotopic (exact) mass is 166 g/mol. The van der Waals surface area contributed by atoms with Crippen LogP contribution in [0.3, 0.4) is 0 Å². The number of hydrogen-bond donors (Lipinski definition) is 2. The quantitative estimate of drug-likeness (QED) is 0.556. The van der Waals surface area contributed by atoms with Crippen LogP contribution in [0, 0.1) is 0 Å². The third kappa shape index (κ3) is 1.14. The van der Waals surface area contributed by atoms with Crippen LogP contribution in [-0.4, -0.2) is 41.0 Å². The lowest BCUT2D eigenvalue weighted by Crippen LogP contribution is -2.44. The van der Waals surface area contributed by atoms with E-state index in [4.69, 9.17) is 21.4 Å². The van der Waals surface area contributed by atoms with Gasteiger partial charge < -0.3 is 14.9 Å². The van der Waals surface area contributed by atoms with Gasteiger partial charge in [0.05, 0.1) is 25.2 Å². The molecule has 0 aromatic rings. The minimum absolute atomic E-state index is 0.144. The topological polar surface area (TPSA) is 49.7 Å². The zero-order valence-electron chi connectivity index (χ0n) is 5.59. The normalized spacial score (nSPS) is 40.5. The van der Waals surface area contributed by atoms with Crippen molar-refractivity contribution in [2.75, 3.05) is 19.1 Å². The molecule has 0 aromatic heterocycles. The number of ether oxygens (including phenoxy) is 1. The van der Waals surface area contributed by atoms with Gasteiger partial charge in [0.1, 0.15) is 5.60 Å². The fourth-order valence-electron chi connectivity index (χ4n) is 1.05. The van der Waals surface area contributed by atoms with E-state index in [1.165, 1.54) is 0 Å². The fourth-order valence-corrected chi connectivity index (χ4v) is 1.39. The summed E-state index contributed by atoms with van der Waals surface area (Å²) >= 11 is 5.51. The number of aliphatic hydroxyl groups is 2. The van der Waals surface area contributed by atoms with Crippen LogP contribution in [0.5, 0.6) is 0 Å². The first-order valence-corrected chi connectivity index (χ1v) is 3.77. The molecule has 0 saturated carbocycles. The molecule has 2 atom stereocenters. The summed E-state index contributed by atoms with van der Waals surface area (Å²) < 4.78 is 5.12. The molecule has 60 valence electrons. The van der Waals surface area contributed by atoms with Gasteiger partial charge in [-0.2, -0.15) is 0 Å². The average Bonchev–Trinajstić information content (AvgIpc) is 2.32. The molecule has 1 fully saturated rings. The first-order valence-electron chi connectivity index (χ1n) is 3.24. The Bertz CT molecular complexity index is 114. The molecular weight excluding hydrogens is 156 g/mol. The van der Waals surface area contributed by atoms with Gasteiger partial charge in [0.15, 0.2) is 0 Å². The standard InChI is InChI=1S/C6H11ClO3/c7-3-6(4-8)5(9)1-2-10-6/h5,8-9H,1-4H2. The second kappa shape index (κ2) is 3.05. The predicted octanol–water partition coefficient (Wildman–Crippen LogP) is -0.262. The highest BCUT2D eigenvalue weighted by molar-refractivity contribution is 6.18. The molecule has 0 aliphatic carbocycles. The van der Waals surface area contributed by atoms with E-state index in [2.05, 4.69) is 0 Å². The smallest absolute Gasteiger partial charge is 0.130 e. The van der Waals surface area contributed by atoms with Crippen molar-refractivity contribution in [2.24, 2.45) is 0 Å². The van der Waals surface area contributed by atoms with E-state index in [0.717, 1.165) is 0 Å². The van der Waals surface area contributed by atoms with Crippen molar-refractivity contribution in [3.05, 3.63) is 0 Å². The highest BCUT2D eigenvalue weighted by Gasteiger charge is 2.42. The maximum absolute atomic E-state index is 9.27. The lowest BCUT2D eigenvalue weighted by Gasteiger charge is -2.26. The van der Waals surface area contributed by atoms with Gasteiger partial charge in [0.25, 0.3) is 0 Å². The van der Waals surface area contributed by atoms with E-state index in [-0.39, 0.29) is 12.5 Å². The van der Waals surface area contributed by atoms with E-state index in [9.17, 15) is 5.11 Å². The Balaban J connectivity index is 2.61. The molecule has 1 saturated heterocycles. The van der Waals surface area contributed by atoms with Gasteiger partial charge in [-0.05, 0) is 6.42 Å². The molecule has 0 amide bonds. The van der Waals surface area contributed by atoms with Crippen molar-refractivity contribution in [1.82, 2.24) is 0 Å². The molecule has 2 N–H and O–H groups in total. The van der Waals surface area contributed by atoms with E-state index in [1.807, 2.05) is 0 Å². The second-order valence-electron chi connectivity index (χ2n) is 2.51. The Morgan fingerprint density at radius 3 is 2.60 bits per heavy atom. The molecular formula is C6H11ClO3. The summed E-state index contributed by atoms with van der Waals surface area (Å²) in [6, 6.07) is 0. The molecule has 0 bridgehead atoms. The summed E-state index contributed by atoms with van der Waals surface area (Å²) in [6.45, 7) is 0.270. The molecule has 1 aliphatic rings. The molecule has 0 spiro atoms. The molecule has 10 heavy (non-hydrogen) atoms. The zero-order valence-corrected chi connectivity index (χ0v) is 6.34. The van der Waals surface area contributed by atoms with Crippen LogP contribution >= 0.6 is 11.6 Å². The molecule has 0 radical (unpaired) electrons. The Hall–Kier alpha value is 0.170. The predicted molar refractivity (Wildman–Crippen MR) is 37.1 cm³/mol. The van der Waals surface area contributed by atoms with Crippen LogP contribution in [0.2, 0.25) is 0 Å². The van der Waals surface area contributed by atoms with Crippen molar-refractivity contribution in [2.45, 2.75) is 18.1 Å². The van der Waals surface area contributed by atoms with Crippen molar-refractivity contribution in [3.8, 4) is 0 Å². The molecule has 2 unspecified atom stereocenters. The van der Waals surface area contributed by atoms with Gasteiger partial charge in [-0.25, -0.2) is 0 Å². The largest absolute Gasteiger partial charge is 0.393 e. The van der Waals surface area contributed by atoms with Crippen molar-refractivity contribution in [1.29, 1.82) is 0 Å². The summed E-state index contributed by atoms with van der Waals surface area (Å²) in [6.07, 6.45) is -0.0530. The van der Waals surface area contributed by atoms with Crippen LogP contribution in [0.4, 0.5) is 0 Å². The number of halogens is 1. The maximum Gasteiger partial charge on any atom is 0.130 e.